The second-order valence-corrected chi connectivity index (χ2v) is 9.32. The summed E-state index contributed by atoms with van der Waals surface area (Å²) >= 11 is 0. The molecular formula is C10H16OSi. The Bertz CT molecular complexity index is 235. The summed E-state index contributed by atoms with van der Waals surface area (Å²) in [6.07, 6.45) is 3.18. The Morgan fingerprint density at radius 2 is 2.00 bits per heavy atom. The maximum Gasteiger partial charge on any atom is 0.205 e. The Kier molecular flexibility index (Phi) is 2.74. The van der Waals surface area contributed by atoms with E-state index in [1.54, 1.807) is 0 Å². The number of rotatable bonds is 2. The number of hydrogen-bond donors (Lipinski definition) is 0. The summed E-state index contributed by atoms with van der Waals surface area (Å²) in [7, 11) is -1.33. The molecule has 1 rings (SSSR count). The van der Waals surface area contributed by atoms with Gasteiger partial charge in [-0.05, 0) is 24.7 Å². The van der Waals surface area contributed by atoms with Gasteiger partial charge in [0.1, 0.15) is 8.07 Å². The van der Waals surface area contributed by atoms with Gasteiger partial charge in [-0.25, -0.2) is 0 Å². The second-order valence-electron chi connectivity index (χ2n) is 4.57. The first-order valence-corrected chi connectivity index (χ1v) is 8.03. The molecule has 0 aliphatic heterocycles. The molecule has 1 aliphatic carbocycles. The van der Waals surface area contributed by atoms with Gasteiger partial charge < -0.3 is 0 Å². The topological polar surface area (TPSA) is 17.1 Å². The SMILES string of the molecule is C[Si](C)(C)C#CC(=O)CC1CC1. The summed E-state index contributed by atoms with van der Waals surface area (Å²) in [6, 6.07) is 0. The molecule has 0 heterocycles. The molecule has 1 aliphatic rings. The first kappa shape index (κ1) is 9.53. The van der Waals surface area contributed by atoms with Crippen LogP contribution in [0.3, 0.4) is 0 Å². The third-order valence-corrected chi connectivity index (χ3v) is 2.62. The van der Waals surface area contributed by atoms with Crippen molar-refractivity contribution < 1.29 is 4.79 Å². The van der Waals surface area contributed by atoms with E-state index in [9.17, 15) is 4.79 Å². The molecule has 1 fully saturated rings. The van der Waals surface area contributed by atoms with Crippen LogP contribution in [0.25, 0.3) is 0 Å². The molecule has 66 valence electrons. The quantitative estimate of drug-likeness (QED) is 0.470. The number of ketones is 1. The Hall–Kier alpha value is -0.553. The van der Waals surface area contributed by atoms with Crippen LogP contribution in [0, 0.1) is 17.4 Å². The lowest BCUT2D eigenvalue weighted by Crippen LogP contribution is -2.17. The molecule has 12 heavy (non-hydrogen) atoms. The van der Waals surface area contributed by atoms with E-state index in [0.29, 0.717) is 12.3 Å². The highest BCUT2D eigenvalue weighted by molar-refractivity contribution is 6.84. The highest BCUT2D eigenvalue weighted by atomic mass is 28.3. The largest absolute Gasteiger partial charge is 0.285 e. The van der Waals surface area contributed by atoms with Crippen LogP contribution in [0.5, 0.6) is 0 Å². The van der Waals surface area contributed by atoms with Crippen molar-refractivity contribution >= 4 is 13.9 Å². The number of carbonyl (C=O) groups excluding carboxylic acids is 1. The predicted octanol–water partition coefficient (Wildman–Crippen LogP) is 2.24. The first-order chi connectivity index (χ1) is 5.47. The molecule has 0 saturated heterocycles. The van der Waals surface area contributed by atoms with E-state index in [1.165, 1.54) is 12.8 Å². The highest BCUT2D eigenvalue weighted by Crippen LogP contribution is 2.32. The van der Waals surface area contributed by atoms with Crippen molar-refractivity contribution in [3.8, 4) is 11.5 Å². The molecule has 0 spiro atoms. The zero-order valence-corrected chi connectivity index (χ0v) is 9.11. The van der Waals surface area contributed by atoms with Gasteiger partial charge in [-0.15, -0.1) is 5.54 Å². The van der Waals surface area contributed by atoms with E-state index in [-0.39, 0.29) is 5.78 Å². The molecule has 0 N–H and O–H groups in total. The minimum Gasteiger partial charge on any atom is -0.285 e. The molecule has 0 amide bonds. The minimum absolute atomic E-state index is 0.153. The van der Waals surface area contributed by atoms with Crippen molar-refractivity contribution in [3.63, 3.8) is 0 Å². The molecule has 0 atom stereocenters. The second kappa shape index (κ2) is 3.45. The molecule has 2 heteroatoms. The van der Waals surface area contributed by atoms with Gasteiger partial charge in [0.05, 0.1) is 0 Å². The number of hydrogen-bond acceptors (Lipinski definition) is 1. The summed E-state index contributed by atoms with van der Waals surface area (Å²) in [5.74, 6) is 3.59. The fraction of sp³-hybridized carbons (Fsp3) is 0.700. The third kappa shape index (κ3) is 4.35. The fourth-order valence-corrected chi connectivity index (χ4v) is 1.41. The van der Waals surface area contributed by atoms with Gasteiger partial charge in [-0.2, -0.15) is 0 Å². The number of Topliss-reactive ketones (excluding diaryl/α,β-unsaturated/α-hetero) is 1. The van der Waals surface area contributed by atoms with Crippen LogP contribution < -0.4 is 0 Å². The zero-order chi connectivity index (χ0) is 9.19. The van der Waals surface area contributed by atoms with Gasteiger partial charge in [0, 0.05) is 6.42 Å². The molecule has 0 radical (unpaired) electrons. The normalized spacial score (nSPS) is 16.6. The van der Waals surface area contributed by atoms with E-state index in [0.717, 1.165) is 0 Å². The van der Waals surface area contributed by atoms with Crippen molar-refractivity contribution in [2.24, 2.45) is 5.92 Å². The molecule has 0 aromatic carbocycles. The third-order valence-electron chi connectivity index (χ3n) is 1.75. The lowest BCUT2D eigenvalue weighted by Gasteiger charge is -2.02. The van der Waals surface area contributed by atoms with Crippen molar-refractivity contribution in [2.75, 3.05) is 0 Å². The first-order valence-electron chi connectivity index (χ1n) is 4.53. The Labute approximate surface area is 75.6 Å². The molecule has 0 unspecified atom stereocenters. The van der Waals surface area contributed by atoms with Gasteiger partial charge in [0.2, 0.25) is 5.78 Å². The lowest BCUT2D eigenvalue weighted by atomic mass is 10.2. The van der Waals surface area contributed by atoms with Gasteiger partial charge >= 0.3 is 0 Å². The summed E-state index contributed by atoms with van der Waals surface area (Å²) in [5.41, 5.74) is 3.09. The highest BCUT2D eigenvalue weighted by Gasteiger charge is 2.23. The predicted molar refractivity (Wildman–Crippen MR) is 53.5 cm³/mol. The molecule has 1 saturated carbocycles. The summed E-state index contributed by atoms with van der Waals surface area (Å²) in [6.45, 7) is 6.47. The Morgan fingerprint density at radius 3 is 2.42 bits per heavy atom. The van der Waals surface area contributed by atoms with Crippen LogP contribution in [0.15, 0.2) is 0 Å². The van der Waals surface area contributed by atoms with Crippen molar-refractivity contribution in [1.29, 1.82) is 0 Å². The van der Waals surface area contributed by atoms with Crippen molar-refractivity contribution in [1.82, 2.24) is 0 Å². The molecule has 0 aromatic rings. The van der Waals surface area contributed by atoms with Crippen LogP contribution in [-0.4, -0.2) is 13.9 Å². The molecule has 0 aromatic heterocycles. The Balaban J connectivity index is 2.36. The van der Waals surface area contributed by atoms with Crippen LogP contribution in [0.1, 0.15) is 19.3 Å². The Morgan fingerprint density at radius 1 is 1.42 bits per heavy atom. The number of carbonyl (C=O) groups is 1. The van der Waals surface area contributed by atoms with Gasteiger partial charge in [0.15, 0.2) is 0 Å². The van der Waals surface area contributed by atoms with Crippen LogP contribution in [0.4, 0.5) is 0 Å². The van der Waals surface area contributed by atoms with Crippen LogP contribution >= 0.6 is 0 Å². The molecule has 0 bridgehead atoms. The van der Waals surface area contributed by atoms with E-state index >= 15 is 0 Å². The summed E-state index contributed by atoms with van der Waals surface area (Å²) in [5, 5.41) is 0. The standard InChI is InChI=1S/C10H16OSi/c1-12(2,3)7-6-10(11)8-9-4-5-9/h9H,4-5,8H2,1-3H3. The maximum atomic E-state index is 11.2. The van der Waals surface area contributed by atoms with E-state index in [4.69, 9.17) is 0 Å². The molecule has 1 nitrogen and oxygen atoms in total. The average Bonchev–Trinajstić information content (AvgIpc) is 2.66. The fourth-order valence-electron chi connectivity index (χ4n) is 0.892. The summed E-state index contributed by atoms with van der Waals surface area (Å²) < 4.78 is 0. The van der Waals surface area contributed by atoms with Crippen molar-refractivity contribution in [3.05, 3.63) is 0 Å². The van der Waals surface area contributed by atoms with E-state index < -0.39 is 8.07 Å². The van der Waals surface area contributed by atoms with Gasteiger partial charge in [0.25, 0.3) is 0 Å². The van der Waals surface area contributed by atoms with Gasteiger partial charge in [-0.3, -0.25) is 4.79 Å². The summed E-state index contributed by atoms with van der Waals surface area (Å²) in [4.78, 5) is 11.2. The lowest BCUT2D eigenvalue weighted by molar-refractivity contribution is -0.114. The van der Waals surface area contributed by atoms with Crippen LogP contribution in [0.2, 0.25) is 19.6 Å². The van der Waals surface area contributed by atoms with Gasteiger partial charge in [-0.1, -0.05) is 19.6 Å². The molecular weight excluding hydrogens is 164 g/mol. The smallest absolute Gasteiger partial charge is 0.205 e. The zero-order valence-electron chi connectivity index (χ0n) is 8.11. The van der Waals surface area contributed by atoms with Crippen molar-refractivity contribution in [2.45, 2.75) is 38.9 Å². The van der Waals surface area contributed by atoms with Crippen LogP contribution in [-0.2, 0) is 4.79 Å². The maximum absolute atomic E-state index is 11.2. The van der Waals surface area contributed by atoms with E-state index in [1.807, 2.05) is 0 Å². The van der Waals surface area contributed by atoms with E-state index in [2.05, 4.69) is 31.1 Å². The monoisotopic (exact) mass is 180 g/mol. The minimum atomic E-state index is -1.33. The average molecular weight is 180 g/mol.